The van der Waals surface area contributed by atoms with E-state index in [1.807, 2.05) is 17.9 Å². The summed E-state index contributed by atoms with van der Waals surface area (Å²) in [6.07, 6.45) is 1.44. The number of oxime groups is 1. The van der Waals surface area contributed by atoms with Crippen LogP contribution in [0, 0.1) is 24.6 Å². The van der Waals surface area contributed by atoms with Crippen LogP contribution in [0.4, 0.5) is 10.3 Å². The molecule has 3 atom stereocenters. The summed E-state index contributed by atoms with van der Waals surface area (Å²) >= 11 is 0. The molecule has 220 valence electrons. The third-order valence-electron chi connectivity index (χ3n) is 8.41. The Bertz CT molecular complexity index is 1530. The lowest BCUT2D eigenvalue weighted by Crippen LogP contribution is -2.44. The number of carbonyl (C=O) groups is 1. The van der Waals surface area contributed by atoms with E-state index >= 15 is 0 Å². The number of amidine groups is 1. The van der Waals surface area contributed by atoms with E-state index in [-0.39, 0.29) is 30.3 Å². The molecule has 0 aliphatic carbocycles. The van der Waals surface area contributed by atoms with Crippen molar-refractivity contribution in [2.75, 3.05) is 52.7 Å². The summed E-state index contributed by atoms with van der Waals surface area (Å²) in [5.74, 6) is 1.63. The Morgan fingerprint density at radius 3 is 2.83 bits per heavy atom. The maximum atomic E-state index is 14.5. The van der Waals surface area contributed by atoms with Gasteiger partial charge in [-0.25, -0.2) is 19.3 Å². The SMILES string of the molecule is COc1cccc(-c2cc(F)ccc2C2Cc3nc(N)nc(C)c3C(=NOCC(=O)N3CCC4CN(C)CC4C3)N2)n1. The Labute approximate surface area is 243 Å². The number of methoxy groups -OCH3 is 1. The number of likely N-dealkylation sites (tertiary alicyclic amines) is 2. The predicted octanol–water partition coefficient (Wildman–Crippen LogP) is 2.55. The number of benzene rings is 1. The number of carbonyl (C=O) groups excluding carboxylic acids is 1. The monoisotopic (exact) mass is 574 g/mol. The quantitative estimate of drug-likeness (QED) is 0.427. The zero-order valence-electron chi connectivity index (χ0n) is 24.0. The van der Waals surface area contributed by atoms with Crippen LogP contribution in [0.2, 0.25) is 0 Å². The predicted molar refractivity (Wildman–Crippen MR) is 155 cm³/mol. The molecule has 3 aliphatic rings. The molecule has 12 heteroatoms. The molecule has 3 unspecified atom stereocenters. The van der Waals surface area contributed by atoms with Crippen molar-refractivity contribution in [3.8, 4) is 17.1 Å². The number of ether oxygens (including phenoxy) is 1. The first kappa shape index (κ1) is 27.8. The van der Waals surface area contributed by atoms with Crippen molar-refractivity contribution >= 4 is 17.7 Å². The van der Waals surface area contributed by atoms with Gasteiger partial charge >= 0.3 is 0 Å². The minimum absolute atomic E-state index is 0.0878. The van der Waals surface area contributed by atoms with E-state index in [0.29, 0.717) is 58.2 Å². The Balaban J connectivity index is 1.26. The lowest BCUT2D eigenvalue weighted by Gasteiger charge is -2.34. The summed E-state index contributed by atoms with van der Waals surface area (Å²) in [5, 5.41) is 7.80. The first-order chi connectivity index (χ1) is 20.3. The fourth-order valence-corrected chi connectivity index (χ4v) is 6.46. The van der Waals surface area contributed by atoms with Gasteiger partial charge in [-0.1, -0.05) is 17.3 Å². The highest BCUT2D eigenvalue weighted by Crippen LogP contribution is 2.34. The van der Waals surface area contributed by atoms with Crippen molar-refractivity contribution in [2.45, 2.75) is 25.8 Å². The highest BCUT2D eigenvalue weighted by atomic mass is 19.1. The molecule has 2 aromatic heterocycles. The second kappa shape index (κ2) is 11.5. The standard InChI is InChI=1S/C30H35FN8O3/c1-17-28-25(36-30(32)33-17)12-24(21-8-7-20(31)11-22(21)23-5-4-6-26(34-23)41-3)35-29(28)37-42-16-27(40)39-10-9-18-13-38(2)14-19(18)15-39/h4-8,11,18-19,24H,9-10,12-16H2,1-3H3,(H,35,37)(H2,32,33,36). The summed E-state index contributed by atoms with van der Waals surface area (Å²) in [6.45, 7) is 5.23. The molecule has 0 bridgehead atoms. The Kier molecular flexibility index (Phi) is 7.63. The van der Waals surface area contributed by atoms with Gasteiger partial charge in [0.15, 0.2) is 12.4 Å². The molecule has 2 saturated heterocycles. The minimum atomic E-state index is -0.388. The van der Waals surface area contributed by atoms with Gasteiger partial charge < -0.3 is 30.4 Å². The number of anilines is 1. The molecule has 2 fully saturated rings. The maximum Gasteiger partial charge on any atom is 0.263 e. The summed E-state index contributed by atoms with van der Waals surface area (Å²) in [5.41, 5.74) is 9.95. The van der Waals surface area contributed by atoms with Gasteiger partial charge in [0.05, 0.1) is 35.8 Å². The van der Waals surface area contributed by atoms with Gasteiger partial charge in [0, 0.05) is 44.2 Å². The molecule has 0 saturated carbocycles. The molecule has 0 spiro atoms. The fourth-order valence-electron chi connectivity index (χ4n) is 6.46. The zero-order chi connectivity index (χ0) is 29.4. The average Bonchev–Trinajstić information content (AvgIpc) is 3.35. The molecule has 1 amide bonds. The van der Waals surface area contributed by atoms with E-state index in [2.05, 4.69) is 37.4 Å². The number of hydrogen-bond acceptors (Lipinski definition) is 9. The summed E-state index contributed by atoms with van der Waals surface area (Å²) in [4.78, 5) is 36.3. The van der Waals surface area contributed by atoms with Crippen molar-refractivity contribution in [3.05, 3.63) is 64.7 Å². The molecule has 0 radical (unpaired) electrons. The molecule has 3 aliphatic heterocycles. The number of hydrogen-bond donors (Lipinski definition) is 2. The number of nitrogens with one attached hydrogen (secondary N) is 1. The smallest absolute Gasteiger partial charge is 0.263 e. The molecule has 42 heavy (non-hydrogen) atoms. The lowest BCUT2D eigenvalue weighted by atomic mass is 9.89. The summed E-state index contributed by atoms with van der Waals surface area (Å²) < 4.78 is 19.8. The van der Waals surface area contributed by atoms with Crippen LogP contribution >= 0.6 is 0 Å². The van der Waals surface area contributed by atoms with Crippen LogP contribution in [-0.2, 0) is 16.1 Å². The van der Waals surface area contributed by atoms with E-state index in [1.54, 1.807) is 18.2 Å². The third kappa shape index (κ3) is 5.58. The number of amides is 1. The van der Waals surface area contributed by atoms with E-state index in [0.717, 1.165) is 38.2 Å². The van der Waals surface area contributed by atoms with Crippen LogP contribution < -0.4 is 15.8 Å². The topological polar surface area (TPSA) is 131 Å². The number of nitrogen functional groups attached to an aromatic ring is 1. The van der Waals surface area contributed by atoms with E-state index in [4.69, 9.17) is 15.3 Å². The average molecular weight is 575 g/mol. The first-order valence-electron chi connectivity index (χ1n) is 14.2. The van der Waals surface area contributed by atoms with Crippen LogP contribution in [0.3, 0.4) is 0 Å². The van der Waals surface area contributed by atoms with Gasteiger partial charge in [-0.3, -0.25) is 4.79 Å². The number of halogens is 1. The number of nitrogens with two attached hydrogens (primary N) is 1. The van der Waals surface area contributed by atoms with Gasteiger partial charge in [-0.2, -0.15) is 0 Å². The molecule has 3 N–H and O–H groups in total. The van der Waals surface area contributed by atoms with E-state index in [9.17, 15) is 9.18 Å². The van der Waals surface area contributed by atoms with Crippen molar-refractivity contribution in [2.24, 2.45) is 17.0 Å². The zero-order valence-corrected chi connectivity index (χ0v) is 24.0. The second-order valence-electron chi connectivity index (χ2n) is 11.3. The molecule has 3 aromatic rings. The van der Waals surface area contributed by atoms with Crippen molar-refractivity contribution in [1.29, 1.82) is 0 Å². The molecule has 1 aromatic carbocycles. The minimum Gasteiger partial charge on any atom is -0.481 e. The largest absolute Gasteiger partial charge is 0.481 e. The van der Waals surface area contributed by atoms with Gasteiger partial charge in [0.25, 0.3) is 5.91 Å². The first-order valence-corrected chi connectivity index (χ1v) is 14.2. The third-order valence-corrected chi connectivity index (χ3v) is 8.41. The highest BCUT2D eigenvalue weighted by Gasteiger charge is 2.37. The summed E-state index contributed by atoms with van der Waals surface area (Å²) in [7, 11) is 3.67. The highest BCUT2D eigenvalue weighted by molar-refractivity contribution is 6.01. The number of aryl methyl sites for hydroxylation is 1. The second-order valence-corrected chi connectivity index (χ2v) is 11.3. The van der Waals surface area contributed by atoms with Gasteiger partial charge in [0.2, 0.25) is 11.8 Å². The molecular weight excluding hydrogens is 539 g/mol. The Morgan fingerprint density at radius 1 is 1.17 bits per heavy atom. The maximum absolute atomic E-state index is 14.5. The van der Waals surface area contributed by atoms with Crippen LogP contribution in [0.15, 0.2) is 41.6 Å². The van der Waals surface area contributed by atoms with E-state index < -0.39 is 0 Å². The number of piperidine rings is 1. The van der Waals surface area contributed by atoms with Crippen LogP contribution in [0.5, 0.6) is 5.88 Å². The van der Waals surface area contributed by atoms with Gasteiger partial charge in [0.1, 0.15) is 5.82 Å². The van der Waals surface area contributed by atoms with Crippen molar-refractivity contribution in [3.63, 3.8) is 0 Å². The van der Waals surface area contributed by atoms with Crippen molar-refractivity contribution < 1.29 is 18.8 Å². The van der Waals surface area contributed by atoms with E-state index in [1.165, 1.54) is 19.2 Å². The molecule has 11 nitrogen and oxygen atoms in total. The fraction of sp³-hybridized carbons (Fsp3) is 0.433. The van der Waals surface area contributed by atoms with Gasteiger partial charge in [-0.15, -0.1) is 0 Å². The lowest BCUT2D eigenvalue weighted by molar-refractivity contribution is -0.138. The number of nitrogens with zero attached hydrogens (tertiary/aromatic N) is 6. The molecular formula is C30H35FN8O3. The van der Waals surface area contributed by atoms with Crippen LogP contribution in [0.1, 0.15) is 35.0 Å². The number of aromatic nitrogens is 3. The summed E-state index contributed by atoms with van der Waals surface area (Å²) in [6, 6.07) is 9.56. The Morgan fingerprint density at radius 2 is 2.00 bits per heavy atom. The van der Waals surface area contributed by atoms with Crippen LogP contribution in [0.25, 0.3) is 11.3 Å². The number of fused-ring (bicyclic) bond motifs is 2. The number of pyridine rings is 1. The van der Waals surface area contributed by atoms with Gasteiger partial charge in [-0.05, 0) is 56.0 Å². The van der Waals surface area contributed by atoms with Crippen LogP contribution in [-0.4, -0.2) is 83.4 Å². The normalized spacial score (nSPS) is 22.8. The number of rotatable bonds is 6. The molecule has 6 rings (SSSR count). The van der Waals surface area contributed by atoms with Crippen molar-refractivity contribution in [1.82, 2.24) is 30.1 Å². The molecule has 5 heterocycles. The Hall–Kier alpha value is -4.32.